The Morgan fingerprint density at radius 3 is 2.06 bits per heavy atom. The van der Waals surface area contributed by atoms with Gasteiger partial charge in [0.05, 0.1) is 24.2 Å². The Morgan fingerprint density at radius 2 is 1.41 bits per heavy atom. The Balaban J connectivity index is 1.31. The molecule has 2 amide bonds. The zero-order valence-electron chi connectivity index (χ0n) is 18.6. The number of anilines is 1. The molecule has 2 heterocycles. The van der Waals surface area contributed by atoms with Crippen LogP contribution in [0.4, 0.5) is 5.69 Å². The Bertz CT molecular complexity index is 1160. The molecule has 2 unspecified atom stereocenters. The van der Waals surface area contributed by atoms with Gasteiger partial charge < -0.3 is 0 Å². The molecule has 0 spiro atoms. The first-order valence-corrected chi connectivity index (χ1v) is 12.9. The first-order chi connectivity index (χ1) is 16.5. The van der Waals surface area contributed by atoms with Crippen molar-refractivity contribution in [2.45, 2.75) is 18.5 Å². The van der Waals surface area contributed by atoms with Gasteiger partial charge >= 0.3 is 0 Å². The predicted octanol–water partition coefficient (Wildman–Crippen LogP) is 4.98. The molecular weight excluding hydrogens is 561 g/mol. The first-order valence-electron chi connectivity index (χ1n) is 11.4. The molecule has 0 saturated carbocycles. The summed E-state index contributed by atoms with van der Waals surface area (Å²) in [5, 5.41) is 0.725. The van der Waals surface area contributed by atoms with E-state index in [4.69, 9.17) is 11.6 Å². The van der Waals surface area contributed by atoms with E-state index < -0.39 is 0 Å². The van der Waals surface area contributed by atoms with E-state index >= 15 is 0 Å². The maximum absolute atomic E-state index is 13.2. The van der Waals surface area contributed by atoms with Crippen LogP contribution in [0.15, 0.2) is 78.9 Å². The number of imide groups is 1. The highest BCUT2D eigenvalue weighted by Crippen LogP contribution is 2.32. The van der Waals surface area contributed by atoms with Crippen LogP contribution in [0.5, 0.6) is 0 Å². The average Bonchev–Trinajstić information content (AvgIpc) is 3.16. The van der Waals surface area contributed by atoms with Gasteiger partial charge in [0.15, 0.2) is 0 Å². The third-order valence-corrected chi connectivity index (χ3v) is 7.63. The van der Waals surface area contributed by atoms with Gasteiger partial charge in [-0.3, -0.25) is 19.4 Å². The highest BCUT2D eigenvalue weighted by molar-refractivity contribution is 14.1. The lowest BCUT2D eigenvalue weighted by Crippen LogP contribution is -2.53. The number of halogens is 2. The largest absolute Gasteiger partial charge is 0.290 e. The maximum Gasteiger partial charge on any atom is 0.251 e. The minimum absolute atomic E-state index is 0.114. The number of rotatable bonds is 5. The molecule has 0 bridgehead atoms. The summed E-state index contributed by atoms with van der Waals surface area (Å²) in [7, 11) is 0. The van der Waals surface area contributed by atoms with E-state index in [1.165, 1.54) is 16.0 Å². The van der Waals surface area contributed by atoms with Gasteiger partial charge in [-0.25, -0.2) is 4.90 Å². The summed E-state index contributed by atoms with van der Waals surface area (Å²) < 4.78 is 1.07. The van der Waals surface area contributed by atoms with Gasteiger partial charge in [-0.1, -0.05) is 54.1 Å². The van der Waals surface area contributed by atoms with Crippen LogP contribution in [0.25, 0.3) is 0 Å². The highest BCUT2D eigenvalue weighted by atomic mass is 127. The van der Waals surface area contributed by atoms with Gasteiger partial charge in [-0.2, -0.15) is 0 Å². The number of benzene rings is 3. The van der Waals surface area contributed by atoms with Crippen molar-refractivity contribution in [1.82, 2.24) is 9.80 Å². The van der Waals surface area contributed by atoms with Crippen molar-refractivity contribution in [3.05, 3.63) is 98.6 Å². The van der Waals surface area contributed by atoms with Crippen molar-refractivity contribution in [2.75, 3.05) is 31.1 Å². The number of hydrogen-bond donors (Lipinski definition) is 0. The zero-order valence-corrected chi connectivity index (χ0v) is 21.5. The van der Waals surface area contributed by atoms with E-state index in [0.29, 0.717) is 5.69 Å². The lowest BCUT2D eigenvalue weighted by Gasteiger charge is -2.41. The van der Waals surface area contributed by atoms with E-state index in [2.05, 4.69) is 68.8 Å². The maximum atomic E-state index is 13.2. The summed E-state index contributed by atoms with van der Waals surface area (Å²) in [6, 6.07) is 25.8. The topological polar surface area (TPSA) is 43.9 Å². The minimum Gasteiger partial charge on any atom is -0.290 e. The summed E-state index contributed by atoms with van der Waals surface area (Å²) in [6.45, 7) is 3.09. The normalized spacial score (nSPS) is 20.6. The Kier molecular flexibility index (Phi) is 7.01. The van der Waals surface area contributed by atoms with Crippen molar-refractivity contribution in [2.24, 2.45) is 0 Å². The van der Waals surface area contributed by atoms with Gasteiger partial charge in [0.1, 0.15) is 0 Å². The second kappa shape index (κ2) is 10.2. The lowest BCUT2D eigenvalue weighted by atomic mass is 9.96. The van der Waals surface area contributed by atoms with Crippen LogP contribution in [-0.4, -0.2) is 53.8 Å². The molecule has 2 saturated heterocycles. The minimum atomic E-state index is -0.389. The lowest BCUT2D eigenvalue weighted by molar-refractivity contribution is -0.123. The Morgan fingerprint density at radius 1 is 0.794 bits per heavy atom. The fourth-order valence-corrected chi connectivity index (χ4v) is 5.45. The van der Waals surface area contributed by atoms with Crippen LogP contribution in [0.1, 0.15) is 23.6 Å². The van der Waals surface area contributed by atoms with Crippen LogP contribution in [0, 0.1) is 3.57 Å². The van der Waals surface area contributed by atoms with Crippen molar-refractivity contribution in [1.29, 1.82) is 0 Å². The third-order valence-electron chi connectivity index (χ3n) is 6.66. The fourth-order valence-electron chi connectivity index (χ4n) is 4.96. The Hall–Kier alpha value is -2.26. The molecule has 0 radical (unpaired) electrons. The van der Waals surface area contributed by atoms with E-state index in [1.54, 1.807) is 0 Å². The number of hydrogen-bond acceptors (Lipinski definition) is 4. The molecule has 0 N–H and O–H groups in total. The molecule has 7 heteroatoms. The summed E-state index contributed by atoms with van der Waals surface area (Å²) >= 11 is 8.36. The Labute approximate surface area is 218 Å². The van der Waals surface area contributed by atoms with Crippen molar-refractivity contribution in [3.8, 4) is 0 Å². The number of amides is 2. The number of carbonyl (C=O) groups excluding carboxylic acids is 2. The molecule has 5 rings (SSSR count). The molecule has 2 aliphatic heterocycles. The standard InChI is InChI=1S/C27H25ClIN3O2/c28-21-8-6-20(7-9-21)26(19-4-2-1-3-5-19)31-16-14-30(15-17-31)24-18-25(33)32(27(24)34)23-12-10-22(29)11-13-23/h1-13,24,26H,14-18H2. The molecule has 34 heavy (non-hydrogen) atoms. The van der Waals surface area contributed by atoms with E-state index in [9.17, 15) is 9.59 Å². The second-order valence-electron chi connectivity index (χ2n) is 8.70. The van der Waals surface area contributed by atoms with Crippen molar-refractivity contribution >= 4 is 51.7 Å². The highest BCUT2D eigenvalue weighted by Gasteiger charge is 2.43. The van der Waals surface area contributed by atoms with Gasteiger partial charge in [0.2, 0.25) is 5.91 Å². The molecule has 3 aromatic rings. The van der Waals surface area contributed by atoms with Crippen LogP contribution in [0.2, 0.25) is 5.02 Å². The molecular formula is C27H25ClIN3O2. The van der Waals surface area contributed by atoms with E-state index in [-0.39, 0.29) is 30.3 Å². The quantitative estimate of drug-likeness (QED) is 0.313. The van der Waals surface area contributed by atoms with Crippen LogP contribution in [-0.2, 0) is 9.59 Å². The number of piperazine rings is 1. The summed E-state index contributed by atoms with van der Waals surface area (Å²) in [5.74, 6) is -0.237. The molecule has 0 aromatic heterocycles. The van der Waals surface area contributed by atoms with Crippen molar-refractivity contribution in [3.63, 3.8) is 0 Å². The monoisotopic (exact) mass is 585 g/mol. The summed E-state index contributed by atoms with van der Waals surface area (Å²) in [5.41, 5.74) is 3.08. The van der Waals surface area contributed by atoms with Gasteiger partial charge in [-0.15, -0.1) is 0 Å². The van der Waals surface area contributed by atoms with Crippen LogP contribution < -0.4 is 4.90 Å². The molecule has 5 nitrogen and oxygen atoms in total. The average molecular weight is 586 g/mol. The van der Waals surface area contributed by atoms with E-state index in [0.717, 1.165) is 34.8 Å². The molecule has 2 aliphatic rings. The zero-order chi connectivity index (χ0) is 23.7. The van der Waals surface area contributed by atoms with Crippen LogP contribution >= 0.6 is 34.2 Å². The first kappa shape index (κ1) is 23.5. The molecule has 3 aromatic carbocycles. The fraction of sp³-hybridized carbons (Fsp3) is 0.259. The SMILES string of the molecule is O=C1CC(N2CCN(C(c3ccccc3)c3ccc(Cl)cc3)CC2)C(=O)N1c1ccc(I)cc1. The number of nitrogens with zero attached hydrogens (tertiary/aromatic N) is 3. The van der Waals surface area contributed by atoms with Crippen molar-refractivity contribution < 1.29 is 9.59 Å². The number of carbonyl (C=O) groups is 2. The smallest absolute Gasteiger partial charge is 0.251 e. The molecule has 0 aliphatic carbocycles. The molecule has 174 valence electrons. The van der Waals surface area contributed by atoms with E-state index in [1.807, 2.05) is 42.5 Å². The second-order valence-corrected chi connectivity index (χ2v) is 10.4. The molecule has 2 atom stereocenters. The van der Waals surface area contributed by atoms with Gasteiger partial charge in [-0.05, 0) is 70.1 Å². The summed E-state index contributed by atoms with van der Waals surface area (Å²) in [6.07, 6.45) is 0.240. The summed E-state index contributed by atoms with van der Waals surface area (Å²) in [4.78, 5) is 32.0. The van der Waals surface area contributed by atoms with Gasteiger partial charge in [0.25, 0.3) is 5.91 Å². The predicted molar refractivity (Wildman–Crippen MR) is 143 cm³/mol. The molecule has 2 fully saturated rings. The van der Waals surface area contributed by atoms with Gasteiger partial charge in [0, 0.05) is 34.8 Å². The van der Waals surface area contributed by atoms with Crippen LogP contribution in [0.3, 0.4) is 0 Å². The third kappa shape index (κ3) is 4.77.